The van der Waals surface area contributed by atoms with Crippen LogP contribution in [0.2, 0.25) is 0 Å². The Hall–Kier alpha value is -6.15. The van der Waals surface area contributed by atoms with Crippen molar-refractivity contribution in [3.8, 4) is 5.75 Å². The smallest absolute Gasteiger partial charge is 0.263 e. The molecule has 65 heavy (non-hydrogen) atoms. The van der Waals surface area contributed by atoms with Gasteiger partial charge < -0.3 is 24.7 Å². The summed E-state index contributed by atoms with van der Waals surface area (Å²) < 4.78 is 13.6. The second-order valence-corrected chi connectivity index (χ2v) is 18.2. The number of hydrogen-bond acceptors (Lipinski definition) is 12. The number of aryl methyl sites for hydroxylation is 1. The van der Waals surface area contributed by atoms with Crippen LogP contribution in [0.4, 0.5) is 17.5 Å². The van der Waals surface area contributed by atoms with Crippen LogP contribution < -0.4 is 25.8 Å². The molecule has 0 radical (unpaired) electrons. The number of ether oxygens (including phenoxy) is 1. The van der Waals surface area contributed by atoms with Crippen molar-refractivity contribution in [2.75, 3.05) is 56.1 Å². The van der Waals surface area contributed by atoms with Crippen molar-refractivity contribution in [1.29, 1.82) is 0 Å². The van der Waals surface area contributed by atoms with Crippen molar-refractivity contribution in [2.45, 2.75) is 103 Å². The van der Waals surface area contributed by atoms with Gasteiger partial charge in [0.1, 0.15) is 28.6 Å². The molecule has 6 aromatic rings. The van der Waals surface area contributed by atoms with E-state index < -0.39 is 0 Å². The van der Waals surface area contributed by atoms with Crippen molar-refractivity contribution in [3.05, 3.63) is 88.2 Å². The summed E-state index contributed by atoms with van der Waals surface area (Å²) >= 11 is 0. The van der Waals surface area contributed by atoms with E-state index in [9.17, 15) is 19.2 Å². The number of benzene rings is 2. The maximum Gasteiger partial charge on any atom is 0.263 e. The van der Waals surface area contributed by atoms with E-state index in [0.717, 1.165) is 130 Å². The molecule has 4 aromatic heterocycles. The minimum Gasteiger partial charge on any atom is -0.484 e. The Kier molecular flexibility index (Phi) is 13.2. The fourth-order valence-electron chi connectivity index (χ4n) is 10.4. The minimum atomic E-state index is -0.270. The molecule has 2 aromatic carbocycles. The van der Waals surface area contributed by atoms with Crippen LogP contribution >= 0.6 is 0 Å². The Balaban J connectivity index is 0.709. The number of furan rings is 1. The average molecular weight is 881 g/mol. The normalized spacial score (nSPS) is 18.7. The van der Waals surface area contributed by atoms with Gasteiger partial charge in [0.2, 0.25) is 5.95 Å². The number of nitrogens with one attached hydrogen (secondary N) is 2. The molecule has 0 spiro atoms. The molecule has 0 bridgehead atoms. The topological polar surface area (TPSA) is 165 Å². The van der Waals surface area contributed by atoms with Crippen molar-refractivity contribution in [1.82, 2.24) is 29.7 Å². The van der Waals surface area contributed by atoms with Crippen LogP contribution in [-0.2, 0) is 9.59 Å². The monoisotopic (exact) mass is 880 g/mol. The molecule has 1 aliphatic heterocycles. The number of amides is 1. The number of piperazine rings is 1. The first-order chi connectivity index (χ1) is 31.6. The van der Waals surface area contributed by atoms with E-state index in [4.69, 9.17) is 14.1 Å². The number of carbonyl (C=O) groups is 3. The lowest BCUT2D eigenvalue weighted by Gasteiger charge is -2.36. The third kappa shape index (κ3) is 9.50. The zero-order valence-electron chi connectivity index (χ0n) is 37.9. The van der Waals surface area contributed by atoms with Crippen molar-refractivity contribution in [2.24, 2.45) is 5.92 Å². The van der Waals surface area contributed by atoms with E-state index in [0.29, 0.717) is 58.8 Å². The second kappa shape index (κ2) is 19.5. The van der Waals surface area contributed by atoms with Gasteiger partial charge in [-0.2, -0.15) is 4.98 Å². The Bertz CT molecular complexity index is 2770. The largest absolute Gasteiger partial charge is 0.484 e. The highest BCUT2D eigenvalue weighted by molar-refractivity contribution is 6.09. The zero-order chi connectivity index (χ0) is 45.0. The lowest BCUT2D eigenvalue weighted by Crippen LogP contribution is -2.46. The van der Waals surface area contributed by atoms with Crippen LogP contribution in [0.1, 0.15) is 118 Å². The van der Waals surface area contributed by atoms with Crippen LogP contribution in [0.25, 0.3) is 32.8 Å². The van der Waals surface area contributed by atoms with Gasteiger partial charge in [0.05, 0.1) is 23.7 Å². The van der Waals surface area contributed by atoms with E-state index >= 15 is 0 Å². The van der Waals surface area contributed by atoms with E-state index in [2.05, 4.69) is 37.3 Å². The third-order valence-electron chi connectivity index (χ3n) is 14.1. The number of hydrogen-bond donors (Lipinski definition) is 2. The molecule has 2 aliphatic carbocycles. The van der Waals surface area contributed by atoms with Crippen LogP contribution in [0.15, 0.2) is 70.3 Å². The number of carbonyl (C=O) groups excluding carboxylic acids is 3. The quantitative estimate of drug-likeness (QED) is 0.0573. The predicted molar refractivity (Wildman–Crippen MR) is 254 cm³/mol. The summed E-state index contributed by atoms with van der Waals surface area (Å²) in [5.74, 6) is 1.85. The van der Waals surface area contributed by atoms with Crippen molar-refractivity contribution in [3.63, 3.8) is 0 Å². The summed E-state index contributed by atoms with van der Waals surface area (Å²) in [6.07, 6.45) is 15.7. The first-order valence-corrected chi connectivity index (χ1v) is 23.6. The third-order valence-corrected chi connectivity index (χ3v) is 14.1. The molecule has 2 unspecified atom stereocenters. The molecule has 14 heteroatoms. The van der Waals surface area contributed by atoms with Crippen LogP contribution in [-0.4, -0.2) is 87.8 Å². The average Bonchev–Trinajstić information content (AvgIpc) is 3.96. The molecule has 2 saturated carbocycles. The lowest BCUT2D eigenvalue weighted by molar-refractivity contribution is -0.123. The van der Waals surface area contributed by atoms with Gasteiger partial charge in [-0.05, 0) is 118 Å². The van der Waals surface area contributed by atoms with Gasteiger partial charge in [-0.25, -0.2) is 9.97 Å². The summed E-state index contributed by atoms with van der Waals surface area (Å²) in [6, 6.07) is 13.8. The lowest BCUT2D eigenvalue weighted by atomic mass is 9.88. The summed E-state index contributed by atoms with van der Waals surface area (Å²) in [7, 11) is 0. The van der Waals surface area contributed by atoms with Crippen LogP contribution in [0.3, 0.4) is 0 Å². The van der Waals surface area contributed by atoms with E-state index in [1.54, 1.807) is 24.0 Å². The fourth-order valence-corrected chi connectivity index (χ4v) is 10.4. The Morgan fingerprint density at radius 1 is 0.908 bits per heavy atom. The molecule has 2 atom stereocenters. The number of aromatic nitrogens is 4. The van der Waals surface area contributed by atoms with E-state index in [1.807, 2.05) is 48.7 Å². The van der Waals surface area contributed by atoms with Crippen LogP contribution in [0.5, 0.6) is 5.75 Å². The molecule has 1 saturated heterocycles. The first-order valence-electron chi connectivity index (χ1n) is 23.6. The summed E-state index contributed by atoms with van der Waals surface area (Å²) in [5.41, 5.74) is 3.93. The highest BCUT2D eigenvalue weighted by atomic mass is 16.5. The van der Waals surface area contributed by atoms with Crippen molar-refractivity contribution < 1.29 is 23.5 Å². The molecule has 3 aliphatic rings. The molecule has 5 heterocycles. The molecular weight excluding hydrogens is 821 g/mol. The highest BCUT2D eigenvalue weighted by Gasteiger charge is 2.30. The molecular formula is C51H60N8O6. The number of fused-ring (bicyclic) bond motifs is 4. The number of nitrogens with zero attached hydrogens (tertiary/aromatic N) is 6. The summed E-state index contributed by atoms with van der Waals surface area (Å²) in [5, 5.41) is 9.96. The zero-order valence-corrected chi connectivity index (χ0v) is 37.9. The van der Waals surface area contributed by atoms with Crippen molar-refractivity contribution >= 4 is 67.7 Å². The van der Waals surface area contributed by atoms with Gasteiger partial charge in [-0.1, -0.05) is 38.7 Å². The molecule has 2 N–H and O–H groups in total. The first kappa shape index (κ1) is 44.1. The molecule has 3 fully saturated rings. The molecule has 340 valence electrons. The number of ketones is 2. The highest BCUT2D eigenvalue weighted by Crippen LogP contribution is 2.40. The molecule has 9 rings (SSSR count). The number of Topliss-reactive ketones (excluding diaryl/α,β-unsaturated/α-hetero) is 2. The Labute approximate surface area is 379 Å². The van der Waals surface area contributed by atoms with Gasteiger partial charge in [0, 0.05) is 73.6 Å². The van der Waals surface area contributed by atoms with Gasteiger partial charge in [0.15, 0.2) is 12.4 Å². The maximum atomic E-state index is 13.6. The van der Waals surface area contributed by atoms with Gasteiger partial charge >= 0.3 is 0 Å². The van der Waals surface area contributed by atoms with E-state index in [-0.39, 0.29) is 41.4 Å². The van der Waals surface area contributed by atoms with Gasteiger partial charge in [0.25, 0.3) is 11.5 Å². The van der Waals surface area contributed by atoms with E-state index in [1.165, 1.54) is 6.92 Å². The summed E-state index contributed by atoms with van der Waals surface area (Å²) in [6.45, 7) is 10.6. The predicted octanol–water partition coefficient (Wildman–Crippen LogP) is 8.81. The number of rotatable bonds is 15. The van der Waals surface area contributed by atoms with Crippen LogP contribution in [0, 0.1) is 12.8 Å². The maximum absolute atomic E-state index is 13.6. The SMILES string of the molecule is CCC1CCCC(c2coc3ccc4cc(OCC(=O)NCCCCN5CCN(c6ccc(Nc7ncc8c(C)c(C(C)=O)c(=O)n(C9CCCC9)c8n7)nc6)CC5)ccc4c23)C(=O)C1. The number of unbranched alkanes of at least 4 members (excludes halogenated alkanes) is 1. The summed E-state index contributed by atoms with van der Waals surface area (Å²) in [4.78, 5) is 70.9. The minimum absolute atomic E-state index is 0.0126. The Morgan fingerprint density at radius 3 is 2.51 bits per heavy atom. The fraction of sp³-hybridized carbons (Fsp3) is 0.471. The van der Waals surface area contributed by atoms with Gasteiger partial charge in [-0.3, -0.25) is 28.6 Å². The molecule has 14 nitrogen and oxygen atoms in total. The Morgan fingerprint density at radius 2 is 1.74 bits per heavy atom. The standard InChI is InChI=1S/C51H60N8O6/c1-4-34-10-9-13-40(43(61)26-34)42-30-65-44-18-14-35-27-38(16-17-39(35)48(42)44)64-31-46(62)52-20-7-8-21-57-22-24-58(25-23-57)37-15-19-45(53-28-37)55-51-54-29-41-32(2)47(33(3)60)50(63)59(49(41)56-51)36-11-5-6-12-36/h14-19,27-30,34,36,40H,4-13,20-26,31H2,1-3H3,(H,52,62)(H,53,54,55,56). The number of anilines is 3. The van der Waals surface area contributed by atoms with Gasteiger partial charge in [-0.15, -0.1) is 0 Å². The second-order valence-electron chi connectivity index (χ2n) is 18.2. The number of pyridine rings is 2. The molecule has 1 amide bonds.